The van der Waals surface area contributed by atoms with Gasteiger partial charge in [-0.25, -0.2) is 0 Å². The SMILES string of the molecule is CCC1C2Cc3c(O)ccc4c3[C@@]1(CC[N@@+]2(C)CC1CC1)CO4. The minimum Gasteiger partial charge on any atom is -0.508 e. The van der Waals surface area contributed by atoms with Gasteiger partial charge in [-0.1, -0.05) is 6.92 Å². The van der Waals surface area contributed by atoms with Gasteiger partial charge in [0, 0.05) is 41.2 Å². The molecule has 2 aliphatic heterocycles. The molecule has 4 aliphatic rings. The highest BCUT2D eigenvalue weighted by molar-refractivity contribution is 5.57. The molecule has 124 valence electrons. The van der Waals surface area contributed by atoms with Gasteiger partial charge in [0.1, 0.15) is 11.5 Å². The molecule has 5 rings (SSSR count). The van der Waals surface area contributed by atoms with Crippen LogP contribution in [0.15, 0.2) is 12.1 Å². The zero-order valence-corrected chi connectivity index (χ0v) is 14.3. The van der Waals surface area contributed by atoms with Crippen molar-refractivity contribution in [2.75, 3.05) is 26.7 Å². The first kappa shape index (κ1) is 14.2. The maximum atomic E-state index is 10.5. The van der Waals surface area contributed by atoms with Gasteiger partial charge in [-0.05, 0) is 31.4 Å². The molecule has 2 unspecified atom stereocenters. The highest BCUT2D eigenvalue weighted by atomic mass is 16.5. The maximum Gasteiger partial charge on any atom is 0.123 e. The second-order valence-corrected chi connectivity index (χ2v) is 8.75. The lowest BCUT2D eigenvalue weighted by atomic mass is 9.56. The summed E-state index contributed by atoms with van der Waals surface area (Å²) >= 11 is 0. The van der Waals surface area contributed by atoms with E-state index in [1.54, 1.807) is 0 Å². The summed E-state index contributed by atoms with van der Waals surface area (Å²) in [6.07, 6.45) is 6.33. The number of nitrogens with zero attached hydrogens (tertiary/aromatic N) is 1. The second-order valence-electron chi connectivity index (χ2n) is 8.75. The van der Waals surface area contributed by atoms with Crippen molar-refractivity contribution in [3.05, 3.63) is 23.3 Å². The Bertz CT molecular complexity index is 668. The van der Waals surface area contributed by atoms with Crippen LogP contribution < -0.4 is 4.74 Å². The number of piperidine rings is 1. The quantitative estimate of drug-likeness (QED) is 0.868. The molecule has 1 saturated carbocycles. The highest BCUT2D eigenvalue weighted by Crippen LogP contribution is 2.59. The molecule has 3 heteroatoms. The minimum absolute atomic E-state index is 0.169. The third-order valence-corrected chi connectivity index (χ3v) is 7.50. The van der Waals surface area contributed by atoms with E-state index in [0.29, 0.717) is 17.7 Å². The van der Waals surface area contributed by atoms with Crippen LogP contribution in [0, 0.1) is 11.8 Å². The molecule has 0 radical (unpaired) electrons. The van der Waals surface area contributed by atoms with E-state index in [4.69, 9.17) is 4.74 Å². The van der Waals surface area contributed by atoms with Crippen molar-refractivity contribution in [3.63, 3.8) is 0 Å². The highest BCUT2D eigenvalue weighted by Gasteiger charge is 2.62. The molecular formula is C20H28NO2+. The van der Waals surface area contributed by atoms with Crippen molar-refractivity contribution in [1.82, 2.24) is 0 Å². The topological polar surface area (TPSA) is 29.5 Å². The van der Waals surface area contributed by atoms with Crippen LogP contribution in [-0.4, -0.2) is 42.4 Å². The maximum absolute atomic E-state index is 10.5. The van der Waals surface area contributed by atoms with Crippen molar-refractivity contribution < 1.29 is 14.3 Å². The van der Waals surface area contributed by atoms with Gasteiger partial charge in [0.25, 0.3) is 0 Å². The number of benzene rings is 1. The molecule has 2 heterocycles. The van der Waals surface area contributed by atoms with E-state index in [2.05, 4.69) is 14.0 Å². The number of fused-ring (bicyclic) bond motifs is 1. The molecule has 0 aromatic heterocycles. The average Bonchev–Trinajstić information content (AvgIpc) is 3.27. The van der Waals surface area contributed by atoms with Gasteiger partial charge in [0.05, 0.1) is 32.8 Å². The Hall–Kier alpha value is -1.22. The van der Waals surface area contributed by atoms with E-state index < -0.39 is 0 Å². The Kier molecular flexibility index (Phi) is 2.73. The monoisotopic (exact) mass is 314 g/mol. The minimum atomic E-state index is 0.169. The van der Waals surface area contributed by atoms with Gasteiger partial charge in [-0.2, -0.15) is 0 Å². The van der Waals surface area contributed by atoms with Crippen LogP contribution in [0.3, 0.4) is 0 Å². The first-order valence-corrected chi connectivity index (χ1v) is 9.40. The first-order valence-electron chi connectivity index (χ1n) is 9.40. The third kappa shape index (κ3) is 1.75. The molecule has 2 aliphatic carbocycles. The zero-order chi connectivity index (χ0) is 15.8. The molecular weight excluding hydrogens is 286 g/mol. The molecule has 1 N–H and O–H groups in total. The summed E-state index contributed by atoms with van der Waals surface area (Å²) in [6.45, 7) is 5.80. The Morgan fingerprint density at radius 1 is 1.35 bits per heavy atom. The fraction of sp³-hybridized carbons (Fsp3) is 0.700. The number of phenols is 1. The molecule has 1 aromatic rings. The number of quaternary nitrogens is 1. The summed E-state index contributed by atoms with van der Waals surface area (Å²) in [5.74, 6) is 3.19. The van der Waals surface area contributed by atoms with E-state index in [9.17, 15) is 5.11 Å². The lowest BCUT2D eigenvalue weighted by Crippen LogP contribution is -2.68. The predicted octanol–water partition coefficient (Wildman–Crippen LogP) is 3.23. The third-order valence-electron chi connectivity index (χ3n) is 7.50. The number of ether oxygens (including phenoxy) is 1. The Labute approximate surface area is 138 Å². The lowest BCUT2D eigenvalue weighted by molar-refractivity contribution is -0.946. The Balaban J connectivity index is 1.66. The molecule has 1 spiro atoms. The molecule has 2 bridgehead atoms. The van der Waals surface area contributed by atoms with Gasteiger partial charge in [-0.3, -0.25) is 0 Å². The molecule has 0 amide bonds. The van der Waals surface area contributed by atoms with Crippen molar-refractivity contribution in [2.24, 2.45) is 11.8 Å². The first-order chi connectivity index (χ1) is 11.1. The van der Waals surface area contributed by atoms with E-state index in [1.165, 1.54) is 54.4 Å². The van der Waals surface area contributed by atoms with Crippen molar-refractivity contribution in [3.8, 4) is 11.5 Å². The zero-order valence-electron chi connectivity index (χ0n) is 14.3. The summed E-state index contributed by atoms with van der Waals surface area (Å²) in [7, 11) is 2.49. The molecule has 23 heavy (non-hydrogen) atoms. The largest absolute Gasteiger partial charge is 0.508 e. The number of phenolic OH excluding ortho intramolecular Hbond substituents is 1. The normalized spacial score (nSPS) is 40.6. The van der Waals surface area contributed by atoms with Gasteiger partial charge in [0.15, 0.2) is 0 Å². The van der Waals surface area contributed by atoms with Crippen molar-refractivity contribution in [1.29, 1.82) is 0 Å². The molecule has 4 atom stereocenters. The molecule has 3 nitrogen and oxygen atoms in total. The van der Waals surface area contributed by atoms with Crippen molar-refractivity contribution >= 4 is 0 Å². The van der Waals surface area contributed by atoms with Gasteiger partial charge in [0.2, 0.25) is 0 Å². The van der Waals surface area contributed by atoms with Crippen LogP contribution in [-0.2, 0) is 11.8 Å². The lowest BCUT2D eigenvalue weighted by Gasteiger charge is -2.58. The predicted molar refractivity (Wildman–Crippen MR) is 89.8 cm³/mol. The average molecular weight is 314 g/mol. The van der Waals surface area contributed by atoms with Crippen LogP contribution in [0.1, 0.15) is 43.7 Å². The Morgan fingerprint density at radius 2 is 2.17 bits per heavy atom. The van der Waals surface area contributed by atoms with Gasteiger partial charge < -0.3 is 14.3 Å². The summed E-state index contributed by atoms with van der Waals surface area (Å²) in [6, 6.07) is 4.48. The van der Waals surface area contributed by atoms with Crippen LogP contribution in [0.2, 0.25) is 0 Å². The summed E-state index contributed by atoms with van der Waals surface area (Å²) in [5, 5.41) is 10.5. The van der Waals surface area contributed by atoms with Crippen molar-refractivity contribution in [2.45, 2.75) is 50.5 Å². The number of hydrogen-bond donors (Lipinski definition) is 1. The molecule has 1 aromatic carbocycles. The second kappa shape index (κ2) is 4.44. The van der Waals surface area contributed by atoms with E-state index >= 15 is 0 Å². The van der Waals surface area contributed by atoms with Crippen LogP contribution >= 0.6 is 0 Å². The Morgan fingerprint density at radius 3 is 2.91 bits per heavy atom. The number of hydrogen-bond acceptors (Lipinski definition) is 2. The van der Waals surface area contributed by atoms with E-state index in [0.717, 1.165) is 24.7 Å². The number of rotatable bonds is 3. The summed E-state index contributed by atoms with van der Waals surface area (Å²) < 4.78 is 7.35. The number of aromatic hydroxyl groups is 1. The fourth-order valence-corrected chi connectivity index (χ4v) is 6.22. The van der Waals surface area contributed by atoms with Gasteiger partial charge >= 0.3 is 0 Å². The van der Waals surface area contributed by atoms with E-state index in [1.807, 2.05) is 12.1 Å². The molecule has 1 saturated heterocycles. The van der Waals surface area contributed by atoms with E-state index in [-0.39, 0.29) is 5.41 Å². The smallest absolute Gasteiger partial charge is 0.123 e. The van der Waals surface area contributed by atoms with Crippen LogP contribution in [0.4, 0.5) is 0 Å². The fourth-order valence-electron chi connectivity index (χ4n) is 6.22. The number of likely N-dealkylation sites (N-methyl/N-ethyl adjacent to an activating group) is 1. The number of likely N-dealkylation sites (tertiary alicyclic amines) is 1. The van der Waals surface area contributed by atoms with Gasteiger partial charge in [-0.15, -0.1) is 0 Å². The standard InChI is InChI=1S/C20H27NO2/c1-3-15-16-10-14-17(22)6-7-18-19(14)20(15,12-23-18)8-9-21(16,2)11-13-4-5-13/h6-7,13,15-16H,3-5,8-12H2,1-2H3/p+1/t15?,16?,20-,21-/m0/s1. The van der Waals surface area contributed by atoms with Crippen LogP contribution in [0.5, 0.6) is 11.5 Å². The molecule has 2 fully saturated rings. The summed E-state index contributed by atoms with van der Waals surface area (Å²) in [4.78, 5) is 0. The summed E-state index contributed by atoms with van der Waals surface area (Å²) in [5.41, 5.74) is 2.75. The van der Waals surface area contributed by atoms with Crippen LogP contribution in [0.25, 0.3) is 0 Å².